The van der Waals surface area contributed by atoms with Crippen LogP contribution in [0.1, 0.15) is 0 Å². The van der Waals surface area contributed by atoms with Gasteiger partial charge in [0.15, 0.2) is 0 Å². The smallest absolute Gasteiger partial charge is 0.411 e. The van der Waals surface area contributed by atoms with E-state index in [1.165, 1.54) is 0 Å². The molecular weight excluding hydrogens is 360 g/mol. The lowest BCUT2D eigenvalue weighted by Crippen LogP contribution is -2.20. The Morgan fingerprint density at radius 1 is 0.679 bits per heavy atom. The highest BCUT2D eigenvalue weighted by Crippen LogP contribution is 2.16. The number of nitrogens with zero attached hydrogens (tertiary/aromatic N) is 2. The van der Waals surface area contributed by atoms with E-state index in [1.807, 2.05) is 62.3 Å². The van der Waals surface area contributed by atoms with Gasteiger partial charge in [-0.1, -0.05) is 0 Å². The third-order valence-electron chi connectivity index (χ3n) is 3.81. The van der Waals surface area contributed by atoms with Gasteiger partial charge in [-0.15, -0.1) is 0 Å². The number of rotatable bonds is 7. The van der Waals surface area contributed by atoms with Gasteiger partial charge in [-0.05, 0) is 48.5 Å². The van der Waals surface area contributed by atoms with E-state index in [9.17, 15) is 9.59 Å². The molecular formula is C20H26N4O4. The van der Waals surface area contributed by atoms with Crippen molar-refractivity contribution in [2.75, 3.05) is 61.8 Å². The maximum atomic E-state index is 11.8. The van der Waals surface area contributed by atoms with Crippen molar-refractivity contribution >= 4 is 34.9 Å². The van der Waals surface area contributed by atoms with Gasteiger partial charge in [0.05, 0.1) is 0 Å². The third kappa shape index (κ3) is 6.71. The van der Waals surface area contributed by atoms with E-state index < -0.39 is 12.2 Å². The van der Waals surface area contributed by atoms with Gasteiger partial charge in [0, 0.05) is 50.9 Å². The van der Waals surface area contributed by atoms with E-state index in [-0.39, 0.29) is 13.2 Å². The Bertz CT molecular complexity index is 706. The summed E-state index contributed by atoms with van der Waals surface area (Å²) in [5, 5.41) is 5.22. The number of carbonyl (C=O) groups is 2. The summed E-state index contributed by atoms with van der Waals surface area (Å²) in [7, 11) is 7.74. The van der Waals surface area contributed by atoms with Crippen molar-refractivity contribution in [1.82, 2.24) is 0 Å². The summed E-state index contributed by atoms with van der Waals surface area (Å²) in [5.74, 6) is 0. The number of ether oxygens (including phenoxy) is 2. The van der Waals surface area contributed by atoms with Gasteiger partial charge < -0.3 is 19.3 Å². The van der Waals surface area contributed by atoms with E-state index in [4.69, 9.17) is 9.47 Å². The van der Waals surface area contributed by atoms with Crippen molar-refractivity contribution < 1.29 is 19.1 Å². The van der Waals surface area contributed by atoms with Crippen molar-refractivity contribution in [1.29, 1.82) is 0 Å². The summed E-state index contributed by atoms with van der Waals surface area (Å²) in [5.41, 5.74) is 3.29. The van der Waals surface area contributed by atoms with Crippen LogP contribution < -0.4 is 20.4 Å². The predicted octanol–water partition coefficient (Wildman–Crippen LogP) is 3.62. The minimum atomic E-state index is -0.610. The molecule has 2 amide bonds. The molecule has 2 aromatic carbocycles. The Morgan fingerprint density at radius 3 is 1.29 bits per heavy atom. The molecule has 0 aliphatic carbocycles. The number of amides is 2. The number of hydrogen-bond donors (Lipinski definition) is 2. The van der Waals surface area contributed by atoms with Crippen molar-refractivity contribution in [3.05, 3.63) is 48.5 Å². The number of nitrogens with one attached hydrogen (secondary N) is 2. The number of hydrogen-bond acceptors (Lipinski definition) is 6. The average Bonchev–Trinajstić information content (AvgIpc) is 2.66. The lowest BCUT2D eigenvalue weighted by Gasteiger charge is -2.13. The first-order chi connectivity index (χ1) is 13.3. The van der Waals surface area contributed by atoms with Crippen LogP contribution in [-0.4, -0.2) is 53.6 Å². The highest BCUT2D eigenvalue weighted by molar-refractivity contribution is 5.85. The second-order valence-electron chi connectivity index (χ2n) is 6.40. The molecule has 0 heterocycles. The molecule has 0 unspecified atom stereocenters. The molecule has 0 aliphatic heterocycles. The van der Waals surface area contributed by atoms with Crippen molar-refractivity contribution in [2.24, 2.45) is 0 Å². The van der Waals surface area contributed by atoms with Crippen LogP contribution in [0.2, 0.25) is 0 Å². The fourth-order valence-corrected chi connectivity index (χ4v) is 2.26. The quantitative estimate of drug-likeness (QED) is 0.707. The van der Waals surface area contributed by atoms with E-state index in [1.54, 1.807) is 24.3 Å². The molecule has 8 nitrogen and oxygen atoms in total. The zero-order chi connectivity index (χ0) is 20.5. The van der Waals surface area contributed by atoms with Gasteiger partial charge in [0.25, 0.3) is 0 Å². The molecule has 0 radical (unpaired) electrons. The normalized spacial score (nSPS) is 10.0. The zero-order valence-corrected chi connectivity index (χ0v) is 16.6. The van der Waals surface area contributed by atoms with Gasteiger partial charge >= 0.3 is 12.2 Å². The van der Waals surface area contributed by atoms with Crippen LogP contribution in [0.5, 0.6) is 0 Å². The maximum Gasteiger partial charge on any atom is 0.411 e. The lowest BCUT2D eigenvalue weighted by molar-refractivity contribution is 0.110. The minimum Gasteiger partial charge on any atom is -0.446 e. The second-order valence-corrected chi connectivity index (χ2v) is 6.40. The Kier molecular flexibility index (Phi) is 7.50. The van der Waals surface area contributed by atoms with Gasteiger partial charge in [-0.3, -0.25) is 10.6 Å². The van der Waals surface area contributed by atoms with Crippen LogP contribution in [0.25, 0.3) is 0 Å². The van der Waals surface area contributed by atoms with Gasteiger partial charge in [0.1, 0.15) is 13.2 Å². The van der Waals surface area contributed by atoms with Gasteiger partial charge in [0.2, 0.25) is 0 Å². The molecule has 0 fully saturated rings. The summed E-state index contributed by atoms with van der Waals surface area (Å²) in [6.45, 7) is -0.0940. The highest BCUT2D eigenvalue weighted by Gasteiger charge is 2.07. The predicted molar refractivity (Wildman–Crippen MR) is 111 cm³/mol. The maximum absolute atomic E-state index is 11.8. The number of benzene rings is 2. The van der Waals surface area contributed by atoms with Crippen LogP contribution >= 0.6 is 0 Å². The molecule has 0 atom stereocenters. The molecule has 0 spiro atoms. The zero-order valence-electron chi connectivity index (χ0n) is 16.6. The summed E-state index contributed by atoms with van der Waals surface area (Å²) in [6, 6.07) is 14.7. The van der Waals surface area contributed by atoms with Crippen LogP contribution in [0.3, 0.4) is 0 Å². The second kappa shape index (κ2) is 10.1. The Labute approximate surface area is 165 Å². The van der Waals surface area contributed by atoms with Gasteiger partial charge in [-0.2, -0.15) is 0 Å². The molecule has 0 aliphatic rings. The summed E-state index contributed by atoms with van der Waals surface area (Å²) >= 11 is 0. The summed E-state index contributed by atoms with van der Waals surface area (Å²) in [4.78, 5) is 27.4. The first kappa shape index (κ1) is 20.9. The van der Waals surface area contributed by atoms with E-state index in [2.05, 4.69) is 10.6 Å². The molecule has 2 rings (SSSR count). The van der Waals surface area contributed by atoms with E-state index in [0.717, 1.165) is 11.4 Å². The van der Waals surface area contributed by atoms with Crippen molar-refractivity contribution in [3.8, 4) is 0 Å². The first-order valence-electron chi connectivity index (χ1n) is 8.77. The fourth-order valence-electron chi connectivity index (χ4n) is 2.26. The summed E-state index contributed by atoms with van der Waals surface area (Å²) in [6.07, 6.45) is -1.22. The first-order valence-corrected chi connectivity index (χ1v) is 8.77. The molecule has 0 saturated heterocycles. The molecule has 0 aromatic heterocycles. The molecule has 2 N–H and O–H groups in total. The lowest BCUT2D eigenvalue weighted by atomic mass is 10.2. The van der Waals surface area contributed by atoms with Crippen LogP contribution in [0.15, 0.2) is 48.5 Å². The molecule has 2 aromatic rings. The van der Waals surface area contributed by atoms with Crippen LogP contribution in [-0.2, 0) is 9.47 Å². The third-order valence-corrected chi connectivity index (χ3v) is 3.81. The minimum absolute atomic E-state index is 0.0470. The Balaban J connectivity index is 1.65. The highest BCUT2D eigenvalue weighted by atomic mass is 16.6. The number of carbonyl (C=O) groups excluding carboxylic acids is 2. The fraction of sp³-hybridized carbons (Fsp3) is 0.300. The van der Waals surface area contributed by atoms with Crippen LogP contribution in [0.4, 0.5) is 32.3 Å². The molecule has 0 bridgehead atoms. The Hall–Kier alpha value is -3.42. The average molecular weight is 386 g/mol. The Morgan fingerprint density at radius 2 is 1.00 bits per heavy atom. The topological polar surface area (TPSA) is 83.1 Å². The monoisotopic (exact) mass is 386 g/mol. The van der Waals surface area contributed by atoms with E-state index in [0.29, 0.717) is 11.4 Å². The van der Waals surface area contributed by atoms with E-state index >= 15 is 0 Å². The van der Waals surface area contributed by atoms with Crippen LogP contribution in [0, 0.1) is 0 Å². The van der Waals surface area contributed by atoms with Crippen molar-refractivity contribution in [3.63, 3.8) is 0 Å². The summed E-state index contributed by atoms with van der Waals surface area (Å²) < 4.78 is 9.99. The molecule has 150 valence electrons. The molecule has 8 heteroatoms. The SMILES string of the molecule is CN(C)c1ccc(NC(=O)OCCOC(=O)Nc2ccc(N(C)C)cc2)cc1. The number of anilines is 4. The molecule has 28 heavy (non-hydrogen) atoms. The van der Waals surface area contributed by atoms with Crippen molar-refractivity contribution in [2.45, 2.75) is 0 Å². The molecule has 0 saturated carbocycles. The largest absolute Gasteiger partial charge is 0.446 e. The standard InChI is InChI=1S/C20H26N4O4/c1-23(2)17-9-5-15(6-10-17)21-19(25)27-13-14-28-20(26)22-16-7-11-18(12-8-16)24(3)4/h5-12H,13-14H2,1-4H3,(H,21,25)(H,22,26). The van der Waals surface area contributed by atoms with Gasteiger partial charge in [-0.25, -0.2) is 9.59 Å².